The molecule has 0 saturated heterocycles. The Kier molecular flexibility index (Phi) is 7.09. The molecule has 4 atom stereocenters. The van der Waals surface area contributed by atoms with E-state index in [1.54, 1.807) is 0 Å². The van der Waals surface area contributed by atoms with Gasteiger partial charge in [-0.1, -0.05) is 57.5 Å². The molecule has 4 nitrogen and oxygen atoms in total. The molecule has 1 fully saturated rings. The van der Waals surface area contributed by atoms with Crippen LogP contribution in [0.25, 0.3) is 0 Å². The summed E-state index contributed by atoms with van der Waals surface area (Å²) in [4.78, 5) is 13.4. The highest BCUT2D eigenvalue weighted by Crippen LogP contribution is 2.57. The molecule has 4 heteroatoms. The zero-order valence-corrected chi connectivity index (χ0v) is 21.5. The van der Waals surface area contributed by atoms with Crippen LogP contribution >= 0.6 is 0 Å². The number of ether oxygens (including phenoxy) is 1. The fourth-order valence-corrected chi connectivity index (χ4v) is 6.50. The number of aryl methyl sites for hydroxylation is 2. The third-order valence-corrected chi connectivity index (χ3v) is 8.48. The van der Waals surface area contributed by atoms with Gasteiger partial charge >= 0.3 is 5.97 Å². The Morgan fingerprint density at radius 1 is 1.18 bits per heavy atom. The number of esters is 1. The van der Waals surface area contributed by atoms with E-state index in [2.05, 4.69) is 51.2 Å². The molecule has 0 spiro atoms. The summed E-state index contributed by atoms with van der Waals surface area (Å²) in [5, 5.41) is 13.7. The predicted octanol–water partition coefficient (Wildman–Crippen LogP) is 6.14. The van der Waals surface area contributed by atoms with E-state index in [0.717, 1.165) is 43.4 Å². The third-order valence-electron chi connectivity index (χ3n) is 8.48. The Hall–Kier alpha value is -2.33. The van der Waals surface area contributed by atoms with Crippen molar-refractivity contribution in [2.45, 2.75) is 84.2 Å². The van der Waals surface area contributed by atoms with Crippen LogP contribution in [-0.2, 0) is 21.4 Å². The second kappa shape index (κ2) is 9.73. The number of hydrogen-bond donors (Lipinski definition) is 2. The van der Waals surface area contributed by atoms with Crippen molar-refractivity contribution in [3.8, 4) is 0 Å². The van der Waals surface area contributed by atoms with Crippen molar-refractivity contribution in [1.82, 2.24) is 0 Å². The molecule has 0 radical (unpaired) electrons. The van der Waals surface area contributed by atoms with Crippen LogP contribution in [0.5, 0.6) is 0 Å². The summed E-state index contributed by atoms with van der Waals surface area (Å²) in [5.74, 6) is 0.621. The van der Waals surface area contributed by atoms with Crippen LogP contribution in [0.3, 0.4) is 0 Å². The number of aliphatic hydroxyl groups excluding tert-OH is 1. The van der Waals surface area contributed by atoms with Crippen LogP contribution < -0.4 is 5.32 Å². The first kappa shape index (κ1) is 24.8. The van der Waals surface area contributed by atoms with Gasteiger partial charge in [0.2, 0.25) is 0 Å². The normalized spacial score (nSPS) is 27.0. The largest absolute Gasteiger partial charge is 0.462 e. The van der Waals surface area contributed by atoms with Gasteiger partial charge in [0.15, 0.2) is 0 Å². The molecule has 0 bridgehead atoms. The average molecular weight is 464 g/mol. The van der Waals surface area contributed by atoms with Crippen molar-refractivity contribution < 1.29 is 14.6 Å². The summed E-state index contributed by atoms with van der Waals surface area (Å²) in [5.41, 5.74) is 5.86. The number of nitrogens with one attached hydrogen (secondary N) is 1. The molecule has 34 heavy (non-hydrogen) atoms. The van der Waals surface area contributed by atoms with Crippen LogP contribution in [0.2, 0.25) is 0 Å². The van der Waals surface area contributed by atoms with Crippen LogP contribution in [0.15, 0.2) is 42.5 Å². The number of hydrogen-bond acceptors (Lipinski definition) is 4. The van der Waals surface area contributed by atoms with E-state index in [-0.39, 0.29) is 23.9 Å². The van der Waals surface area contributed by atoms with Gasteiger partial charge < -0.3 is 15.2 Å². The lowest BCUT2D eigenvalue weighted by molar-refractivity contribution is -0.167. The van der Waals surface area contributed by atoms with Crippen molar-refractivity contribution in [2.24, 2.45) is 11.3 Å². The van der Waals surface area contributed by atoms with E-state index in [1.165, 1.54) is 16.7 Å². The average Bonchev–Trinajstić information content (AvgIpc) is 2.80. The molecule has 184 valence electrons. The minimum atomic E-state index is -0.746. The maximum absolute atomic E-state index is 13.4. The molecular weight excluding hydrogens is 422 g/mol. The zero-order valence-electron chi connectivity index (χ0n) is 21.5. The van der Waals surface area contributed by atoms with Crippen molar-refractivity contribution >= 4 is 11.7 Å². The molecule has 2 aliphatic rings. The summed E-state index contributed by atoms with van der Waals surface area (Å²) >= 11 is 0. The van der Waals surface area contributed by atoms with Gasteiger partial charge in [0.05, 0.1) is 5.41 Å². The standard InChI is InChI=1S/C30H41NO3/c1-20(2)22-10-12-26-23(17-22)11-13-27-29(26,4)14-7-15-30(27,5)28(33)34-19-25(32)18-31-24-9-6-8-21(3)16-24/h6,8-10,12,16-17,20,25,27,31-32H,7,11,13-15,18-19H2,1-5H3/t25?,27?,29-,30-/m1/s1. The van der Waals surface area contributed by atoms with Gasteiger partial charge in [-0.25, -0.2) is 0 Å². The lowest BCUT2D eigenvalue weighted by Crippen LogP contribution is -2.53. The fourth-order valence-electron chi connectivity index (χ4n) is 6.50. The predicted molar refractivity (Wildman–Crippen MR) is 138 cm³/mol. The van der Waals surface area contributed by atoms with Crippen molar-refractivity contribution in [2.75, 3.05) is 18.5 Å². The molecule has 1 saturated carbocycles. The van der Waals surface area contributed by atoms with Gasteiger partial charge in [-0.3, -0.25) is 4.79 Å². The van der Waals surface area contributed by atoms with Crippen molar-refractivity contribution in [3.05, 3.63) is 64.7 Å². The first-order valence-electron chi connectivity index (χ1n) is 12.9. The molecule has 0 aromatic heterocycles. The lowest BCUT2D eigenvalue weighted by atomic mass is 9.49. The highest BCUT2D eigenvalue weighted by Gasteiger charge is 2.55. The first-order chi connectivity index (χ1) is 16.1. The van der Waals surface area contributed by atoms with E-state index in [0.29, 0.717) is 12.5 Å². The summed E-state index contributed by atoms with van der Waals surface area (Å²) in [7, 11) is 0. The highest BCUT2D eigenvalue weighted by atomic mass is 16.5. The molecule has 2 aliphatic carbocycles. The van der Waals surface area contributed by atoms with E-state index in [1.807, 2.05) is 31.2 Å². The summed E-state index contributed by atoms with van der Waals surface area (Å²) in [6, 6.07) is 15.0. The molecule has 4 rings (SSSR count). The minimum Gasteiger partial charge on any atom is -0.462 e. The van der Waals surface area contributed by atoms with Crippen LogP contribution in [0.4, 0.5) is 5.69 Å². The number of carbonyl (C=O) groups is 1. The Balaban J connectivity index is 1.43. The Morgan fingerprint density at radius 3 is 2.71 bits per heavy atom. The van der Waals surface area contributed by atoms with Crippen molar-refractivity contribution in [3.63, 3.8) is 0 Å². The monoisotopic (exact) mass is 463 g/mol. The maximum Gasteiger partial charge on any atom is 0.312 e. The van der Waals surface area contributed by atoms with E-state index in [4.69, 9.17) is 4.74 Å². The number of aliphatic hydroxyl groups is 1. The second-order valence-electron chi connectivity index (χ2n) is 11.4. The smallest absolute Gasteiger partial charge is 0.312 e. The summed E-state index contributed by atoms with van der Waals surface area (Å²) < 4.78 is 5.76. The van der Waals surface area contributed by atoms with E-state index >= 15 is 0 Å². The number of benzene rings is 2. The molecule has 0 aliphatic heterocycles. The van der Waals surface area contributed by atoms with Crippen LogP contribution in [0.1, 0.15) is 81.5 Å². The molecule has 2 aromatic rings. The maximum atomic E-state index is 13.4. The Bertz CT molecular complexity index is 1030. The number of fused-ring (bicyclic) bond motifs is 3. The van der Waals surface area contributed by atoms with Gasteiger partial charge in [0.25, 0.3) is 0 Å². The Labute approximate surface area is 205 Å². The number of anilines is 1. The molecular formula is C30H41NO3. The molecule has 0 heterocycles. The second-order valence-corrected chi connectivity index (χ2v) is 11.4. The topological polar surface area (TPSA) is 58.6 Å². The van der Waals surface area contributed by atoms with Gasteiger partial charge in [0, 0.05) is 12.2 Å². The quantitative estimate of drug-likeness (QED) is 0.484. The van der Waals surface area contributed by atoms with Crippen LogP contribution in [-0.4, -0.2) is 30.3 Å². The SMILES string of the molecule is Cc1cccc(NCC(O)COC(=O)[C@]2(C)CCC[C@]3(C)c4ccc(C(C)C)cc4CCC23)c1. The summed E-state index contributed by atoms with van der Waals surface area (Å²) in [6.07, 6.45) is 4.25. The molecule has 2 aromatic carbocycles. The highest BCUT2D eigenvalue weighted by molar-refractivity contribution is 5.77. The number of carbonyl (C=O) groups excluding carboxylic acids is 1. The fraction of sp³-hybridized carbons (Fsp3) is 0.567. The first-order valence-corrected chi connectivity index (χ1v) is 12.9. The van der Waals surface area contributed by atoms with Crippen LogP contribution in [0, 0.1) is 18.3 Å². The minimum absolute atomic E-state index is 0.0134. The Morgan fingerprint density at radius 2 is 1.97 bits per heavy atom. The van der Waals surface area contributed by atoms with Crippen molar-refractivity contribution in [1.29, 1.82) is 0 Å². The zero-order chi connectivity index (χ0) is 24.5. The van der Waals surface area contributed by atoms with Gasteiger partial charge in [-0.15, -0.1) is 0 Å². The summed E-state index contributed by atoms with van der Waals surface area (Å²) in [6.45, 7) is 11.3. The molecule has 2 N–H and O–H groups in total. The number of rotatable bonds is 7. The van der Waals surface area contributed by atoms with Gasteiger partial charge in [-0.2, -0.15) is 0 Å². The van der Waals surface area contributed by atoms with Gasteiger partial charge in [0.1, 0.15) is 12.7 Å². The van der Waals surface area contributed by atoms with E-state index in [9.17, 15) is 9.90 Å². The van der Waals surface area contributed by atoms with E-state index < -0.39 is 11.5 Å². The lowest BCUT2D eigenvalue weighted by Gasteiger charge is -2.54. The molecule has 2 unspecified atom stereocenters. The van der Waals surface area contributed by atoms with Gasteiger partial charge in [-0.05, 0) is 91.2 Å². The molecule has 0 amide bonds. The third kappa shape index (κ3) is 4.75.